The zero-order valence-electron chi connectivity index (χ0n) is 6.60. The Morgan fingerprint density at radius 1 is 1.31 bits per heavy atom. The first-order valence-electron chi connectivity index (χ1n) is 3.54. The summed E-state index contributed by atoms with van der Waals surface area (Å²) in [4.78, 5) is 0. The van der Waals surface area contributed by atoms with Gasteiger partial charge in [0.1, 0.15) is 5.75 Å². The summed E-state index contributed by atoms with van der Waals surface area (Å²) in [6.07, 6.45) is -4.46. The molecular weight excluding hydrogens is 183 g/mol. The number of phenolic OH excluding ortho intramolecular Hbond substituents is 1. The van der Waals surface area contributed by atoms with E-state index in [0.29, 0.717) is 6.07 Å². The maximum Gasteiger partial charge on any atom is 0.416 e. The molecule has 2 nitrogen and oxygen atoms in total. The molecule has 0 aromatic heterocycles. The number of phenols is 1. The van der Waals surface area contributed by atoms with Gasteiger partial charge in [-0.15, -0.1) is 0 Å². The van der Waals surface area contributed by atoms with Crippen molar-refractivity contribution in [1.82, 2.24) is 0 Å². The molecule has 72 valence electrons. The molecule has 1 rings (SSSR count). The summed E-state index contributed by atoms with van der Waals surface area (Å²) >= 11 is 0. The highest BCUT2D eigenvalue weighted by Gasteiger charge is 2.33. The van der Waals surface area contributed by atoms with Crippen molar-refractivity contribution < 1.29 is 18.3 Å². The molecule has 0 saturated heterocycles. The van der Waals surface area contributed by atoms with Crippen LogP contribution in [0.25, 0.3) is 0 Å². The van der Waals surface area contributed by atoms with Crippen LogP contribution in [0.5, 0.6) is 5.75 Å². The molecule has 0 aliphatic heterocycles. The number of alkyl halides is 3. The third-order valence-electron chi connectivity index (χ3n) is 1.62. The van der Waals surface area contributed by atoms with Crippen molar-refractivity contribution in [1.29, 1.82) is 0 Å². The fraction of sp³-hybridized carbons (Fsp3) is 0.250. The Morgan fingerprint density at radius 2 is 1.92 bits per heavy atom. The van der Waals surface area contributed by atoms with E-state index in [1.54, 1.807) is 0 Å². The summed E-state index contributed by atoms with van der Waals surface area (Å²) in [5.74, 6) is -0.412. The number of halogens is 3. The number of nitrogens with two attached hydrogens (primary N) is 1. The van der Waals surface area contributed by atoms with Crippen LogP contribution in [0, 0.1) is 0 Å². The van der Waals surface area contributed by atoms with Gasteiger partial charge in [-0.05, 0) is 17.7 Å². The maximum absolute atomic E-state index is 12.2. The minimum absolute atomic E-state index is 0.0229. The lowest BCUT2D eigenvalue weighted by atomic mass is 10.1. The van der Waals surface area contributed by atoms with Crippen LogP contribution in [0.1, 0.15) is 11.1 Å². The Hall–Kier alpha value is -1.23. The number of aromatic hydroxyl groups is 1. The average Bonchev–Trinajstić information content (AvgIpc) is 2.03. The van der Waals surface area contributed by atoms with Gasteiger partial charge in [0.05, 0.1) is 5.56 Å². The van der Waals surface area contributed by atoms with Crippen LogP contribution in [-0.2, 0) is 12.7 Å². The predicted molar refractivity (Wildman–Crippen MR) is 41.0 cm³/mol. The van der Waals surface area contributed by atoms with E-state index in [0.717, 1.165) is 6.07 Å². The summed E-state index contributed by atoms with van der Waals surface area (Å²) in [6, 6.07) is 3.01. The average molecular weight is 191 g/mol. The van der Waals surface area contributed by atoms with Crippen LogP contribution in [0.3, 0.4) is 0 Å². The molecule has 3 N–H and O–H groups in total. The molecule has 0 amide bonds. The van der Waals surface area contributed by atoms with Gasteiger partial charge in [0.25, 0.3) is 0 Å². The number of benzene rings is 1. The van der Waals surface area contributed by atoms with Crippen LogP contribution < -0.4 is 5.73 Å². The molecule has 0 unspecified atom stereocenters. The van der Waals surface area contributed by atoms with E-state index < -0.39 is 17.5 Å². The Balaban J connectivity index is 3.24. The first-order valence-corrected chi connectivity index (χ1v) is 3.54. The van der Waals surface area contributed by atoms with E-state index in [1.807, 2.05) is 0 Å². The molecule has 1 aromatic rings. The molecule has 13 heavy (non-hydrogen) atoms. The van der Waals surface area contributed by atoms with Gasteiger partial charge in [-0.3, -0.25) is 0 Å². The fourth-order valence-corrected chi connectivity index (χ4v) is 1.01. The van der Waals surface area contributed by atoms with Gasteiger partial charge in [-0.25, -0.2) is 0 Å². The zero-order valence-corrected chi connectivity index (χ0v) is 6.60. The van der Waals surface area contributed by atoms with Gasteiger partial charge in [0.15, 0.2) is 0 Å². The molecule has 0 saturated carbocycles. The molecule has 0 fully saturated rings. The minimum atomic E-state index is -4.46. The van der Waals surface area contributed by atoms with E-state index in [2.05, 4.69) is 0 Å². The second-order valence-electron chi connectivity index (χ2n) is 2.54. The largest absolute Gasteiger partial charge is 0.508 e. The molecule has 0 atom stereocenters. The molecule has 0 bridgehead atoms. The van der Waals surface area contributed by atoms with Crippen LogP contribution in [-0.4, -0.2) is 5.11 Å². The Labute approximate surface area is 72.8 Å². The number of hydrogen-bond donors (Lipinski definition) is 2. The molecule has 0 aliphatic rings. The standard InChI is InChI=1S/C8H8F3NO/c9-8(10,11)7-3-6(13)2-1-5(7)4-12/h1-3,13H,4,12H2. The Morgan fingerprint density at radius 3 is 2.38 bits per heavy atom. The lowest BCUT2D eigenvalue weighted by Gasteiger charge is -2.11. The molecule has 0 heterocycles. The first kappa shape index (κ1) is 9.85. The lowest BCUT2D eigenvalue weighted by Crippen LogP contribution is -2.11. The summed E-state index contributed by atoms with van der Waals surface area (Å²) in [7, 11) is 0. The lowest BCUT2D eigenvalue weighted by molar-refractivity contribution is -0.138. The van der Waals surface area contributed by atoms with Crippen molar-refractivity contribution in [2.24, 2.45) is 5.73 Å². The van der Waals surface area contributed by atoms with Crippen molar-refractivity contribution in [3.63, 3.8) is 0 Å². The zero-order chi connectivity index (χ0) is 10.1. The highest BCUT2D eigenvalue weighted by Crippen LogP contribution is 2.33. The third-order valence-corrected chi connectivity index (χ3v) is 1.62. The van der Waals surface area contributed by atoms with E-state index in [9.17, 15) is 13.2 Å². The normalized spacial score (nSPS) is 11.7. The van der Waals surface area contributed by atoms with Crippen LogP contribution in [0.15, 0.2) is 18.2 Å². The van der Waals surface area contributed by atoms with Gasteiger partial charge in [0.2, 0.25) is 0 Å². The van der Waals surface area contributed by atoms with Gasteiger partial charge in [0, 0.05) is 6.54 Å². The number of hydrogen-bond acceptors (Lipinski definition) is 2. The van der Waals surface area contributed by atoms with Crippen molar-refractivity contribution in [3.8, 4) is 5.75 Å². The highest BCUT2D eigenvalue weighted by molar-refractivity contribution is 5.36. The molecule has 1 aromatic carbocycles. The summed E-state index contributed by atoms with van der Waals surface area (Å²) < 4.78 is 36.7. The van der Waals surface area contributed by atoms with Gasteiger partial charge >= 0.3 is 6.18 Å². The monoisotopic (exact) mass is 191 g/mol. The second-order valence-corrected chi connectivity index (χ2v) is 2.54. The molecular formula is C8H8F3NO. The quantitative estimate of drug-likeness (QED) is 0.711. The molecule has 5 heteroatoms. The topological polar surface area (TPSA) is 46.2 Å². The third kappa shape index (κ3) is 2.12. The SMILES string of the molecule is NCc1ccc(O)cc1C(F)(F)F. The van der Waals surface area contributed by atoms with Gasteiger partial charge in [-0.2, -0.15) is 13.2 Å². The van der Waals surface area contributed by atoms with E-state index in [4.69, 9.17) is 10.8 Å². The van der Waals surface area contributed by atoms with Crippen molar-refractivity contribution in [2.45, 2.75) is 12.7 Å². The molecule has 0 radical (unpaired) electrons. The van der Waals surface area contributed by atoms with Crippen molar-refractivity contribution in [3.05, 3.63) is 29.3 Å². The van der Waals surface area contributed by atoms with E-state index >= 15 is 0 Å². The van der Waals surface area contributed by atoms with Crippen molar-refractivity contribution in [2.75, 3.05) is 0 Å². The smallest absolute Gasteiger partial charge is 0.416 e. The summed E-state index contributed by atoms with van der Waals surface area (Å²) in [6.45, 7) is -0.199. The first-order chi connectivity index (χ1) is 5.95. The van der Waals surface area contributed by atoms with Gasteiger partial charge in [-0.1, -0.05) is 6.07 Å². The summed E-state index contributed by atoms with van der Waals surface area (Å²) in [5, 5.41) is 8.86. The highest BCUT2D eigenvalue weighted by atomic mass is 19.4. The van der Waals surface area contributed by atoms with Crippen LogP contribution in [0.2, 0.25) is 0 Å². The number of rotatable bonds is 1. The van der Waals surface area contributed by atoms with Crippen LogP contribution >= 0.6 is 0 Å². The summed E-state index contributed by atoms with van der Waals surface area (Å²) in [5.41, 5.74) is 4.21. The maximum atomic E-state index is 12.2. The second kappa shape index (κ2) is 3.26. The van der Waals surface area contributed by atoms with Gasteiger partial charge < -0.3 is 10.8 Å². The van der Waals surface area contributed by atoms with E-state index in [-0.39, 0.29) is 12.1 Å². The Bertz CT molecular complexity index is 309. The molecule has 0 aliphatic carbocycles. The fourth-order valence-electron chi connectivity index (χ4n) is 1.01. The van der Waals surface area contributed by atoms with E-state index in [1.165, 1.54) is 6.07 Å². The Kier molecular flexibility index (Phi) is 2.47. The predicted octanol–water partition coefficient (Wildman–Crippen LogP) is 1.87. The van der Waals surface area contributed by atoms with Crippen molar-refractivity contribution >= 4 is 0 Å². The van der Waals surface area contributed by atoms with Crippen LogP contribution in [0.4, 0.5) is 13.2 Å². The minimum Gasteiger partial charge on any atom is -0.508 e. The molecule has 0 spiro atoms.